The van der Waals surface area contributed by atoms with E-state index < -0.39 is 0 Å². The van der Waals surface area contributed by atoms with E-state index in [1.165, 1.54) is 6.07 Å². The van der Waals surface area contributed by atoms with Gasteiger partial charge in [-0.3, -0.25) is 4.79 Å². The van der Waals surface area contributed by atoms with Gasteiger partial charge in [-0.25, -0.2) is 0 Å². The molecule has 19 heavy (non-hydrogen) atoms. The van der Waals surface area contributed by atoms with Gasteiger partial charge in [0.15, 0.2) is 0 Å². The van der Waals surface area contributed by atoms with Gasteiger partial charge in [0.25, 0.3) is 5.91 Å². The van der Waals surface area contributed by atoms with Crippen LogP contribution in [-0.2, 0) is 6.54 Å². The first-order valence-corrected chi connectivity index (χ1v) is 6.47. The van der Waals surface area contributed by atoms with Crippen LogP contribution in [0.3, 0.4) is 0 Å². The van der Waals surface area contributed by atoms with Crippen LogP contribution >= 0.6 is 15.9 Å². The molecule has 6 heteroatoms. The van der Waals surface area contributed by atoms with Gasteiger partial charge < -0.3 is 14.9 Å². The van der Waals surface area contributed by atoms with E-state index in [-0.39, 0.29) is 11.7 Å². The predicted octanol–water partition coefficient (Wildman–Crippen LogP) is 2.69. The zero-order valence-electron chi connectivity index (χ0n) is 10.5. The van der Waals surface area contributed by atoms with E-state index in [2.05, 4.69) is 26.4 Å². The van der Waals surface area contributed by atoms with Gasteiger partial charge in [-0.2, -0.15) is 0 Å². The predicted molar refractivity (Wildman–Crippen MR) is 73.0 cm³/mol. The third-order valence-corrected chi connectivity index (χ3v) is 3.49. The molecule has 1 heterocycles. The maximum atomic E-state index is 11.9. The van der Waals surface area contributed by atoms with Crippen LogP contribution in [0.25, 0.3) is 0 Å². The van der Waals surface area contributed by atoms with E-state index in [1.54, 1.807) is 19.1 Å². The maximum Gasteiger partial charge on any atom is 0.251 e. The van der Waals surface area contributed by atoms with Gasteiger partial charge in [0.05, 0.1) is 10.2 Å². The second kappa shape index (κ2) is 5.44. The number of hydrogen-bond acceptors (Lipinski definition) is 4. The Morgan fingerprint density at radius 2 is 2.21 bits per heavy atom. The molecule has 2 aromatic rings. The summed E-state index contributed by atoms with van der Waals surface area (Å²) in [6.07, 6.45) is 0. The van der Waals surface area contributed by atoms with Crippen molar-refractivity contribution in [2.24, 2.45) is 0 Å². The van der Waals surface area contributed by atoms with Crippen LogP contribution < -0.4 is 5.32 Å². The van der Waals surface area contributed by atoms with Crippen LogP contribution in [0.5, 0.6) is 5.75 Å². The minimum atomic E-state index is -0.261. The average Bonchev–Trinajstić information content (AvgIpc) is 2.69. The Hall–Kier alpha value is -1.82. The quantitative estimate of drug-likeness (QED) is 0.910. The van der Waals surface area contributed by atoms with Crippen LogP contribution in [0.1, 0.15) is 27.4 Å². The standard InChI is InChI=1S/C13H13BrN2O3/c1-7-10(8(2)19-16-7)6-15-13(18)9-3-4-11(14)12(17)5-9/h3-5,17H,6H2,1-2H3,(H,15,18). The highest BCUT2D eigenvalue weighted by Gasteiger charge is 2.12. The van der Waals surface area contributed by atoms with Crippen molar-refractivity contribution in [1.29, 1.82) is 0 Å². The van der Waals surface area contributed by atoms with Gasteiger partial charge in [0.1, 0.15) is 11.5 Å². The summed E-state index contributed by atoms with van der Waals surface area (Å²) in [4.78, 5) is 11.9. The van der Waals surface area contributed by atoms with Gasteiger partial charge in [-0.15, -0.1) is 0 Å². The molecule has 100 valence electrons. The van der Waals surface area contributed by atoms with Crippen molar-refractivity contribution in [3.05, 3.63) is 45.3 Å². The highest BCUT2D eigenvalue weighted by atomic mass is 79.9. The highest BCUT2D eigenvalue weighted by Crippen LogP contribution is 2.24. The molecule has 0 radical (unpaired) electrons. The summed E-state index contributed by atoms with van der Waals surface area (Å²) < 4.78 is 5.57. The van der Waals surface area contributed by atoms with Crippen molar-refractivity contribution < 1.29 is 14.4 Å². The molecular formula is C13H13BrN2O3. The summed E-state index contributed by atoms with van der Waals surface area (Å²) in [5, 5.41) is 16.1. The molecule has 0 fully saturated rings. The van der Waals surface area contributed by atoms with Crippen LogP contribution in [0, 0.1) is 13.8 Å². The largest absolute Gasteiger partial charge is 0.507 e. The van der Waals surface area contributed by atoms with Crippen molar-refractivity contribution in [3.63, 3.8) is 0 Å². The van der Waals surface area contributed by atoms with E-state index in [0.717, 1.165) is 11.3 Å². The monoisotopic (exact) mass is 324 g/mol. The summed E-state index contributed by atoms with van der Waals surface area (Å²) in [6.45, 7) is 3.97. The first-order valence-electron chi connectivity index (χ1n) is 5.67. The van der Waals surface area contributed by atoms with Crippen molar-refractivity contribution in [2.45, 2.75) is 20.4 Å². The minimum Gasteiger partial charge on any atom is -0.507 e. The van der Waals surface area contributed by atoms with Gasteiger partial charge in [0.2, 0.25) is 0 Å². The normalized spacial score (nSPS) is 10.5. The number of aromatic hydroxyl groups is 1. The molecule has 1 amide bonds. The lowest BCUT2D eigenvalue weighted by Crippen LogP contribution is -2.23. The van der Waals surface area contributed by atoms with Gasteiger partial charge in [0, 0.05) is 17.7 Å². The molecule has 0 atom stereocenters. The number of hydrogen-bond donors (Lipinski definition) is 2. The maximum absolute atomic E-state index is 11.9. The first kappa shape index (κ1) is 13.6. The number of carbonyl (C=O) groups is 1. The second-order valence-electron chi connectivity index (χ2n) is 4.15. The van der Waals surface area contributed by atoms with Crippen LogP contribution in [0.2, 0.25) is 0 Å². The number of aromatic nitrogens is 1. The van der Waals surface area contributed by atoms with Gasteiger partial charge >= 0.3 is 0 Å². The van der Waals surface area contributed by atoms with Crippen LogP contribution in [-0.4, -0.2) is 16.2 Å². The second-order valence-corrected chi connectivity index (χ2v) is 5.01. The molecule has 0 saturated heterocycles. The average molecular weight is 325 g/mol. The lowest BCUT2D eigenvalue weighted by atomic mass is 10.1. The summed E-state index contributed by atoms with van der Waals surface area (Å²) >= 11 is 3.17. The van der Waals surface area contributed by atoms with Crippen molar-refractivity contribution in [2.75, 3.05) is 0 Å². The lowest BCUT2D eigenvalue weighted by molar-refractivity contribution is 0.0950. The Bertz CT molecular complexity index is 603. The van der Waals surface area contributed by atoms with Crippen LogP contribution in [0.15, 0.2) is 27.2 Å². The number of phenolic OH excluding ortho intramolecular Hbond substituents is 1. The van der Waals surface area contributed by atoms with E-state index in [4.69, 9.17) is 4.52 Å². The fourth-order valence-corrected chi connectivity index (χ4v) is 1.93. The number of halogens is 1. The number of rotatable bonds is 3. The zero-order chi connectivity index (χ0) is 14.0. The number of nitrogens with zero attached hydrogens (tertiary/aromatic N) is 1. The van der Waals surface area contributed by atoms with E-state index >= 15 is 0 Å². The lowest BCUT2D eigenvalue weighted by Gasteiger charge is -2.06. The Morgan fingerprint density at radius 3 is 2.79 bits per heavy atom. The molecule has 0 saturated carbocycles. The molecule has 0 aliphatic carbocycles. The van der Waals surface area contributed by atoms with Gasteiger partial charge in [-0.1, -0.05) is 5.16 Å². The molecule has 2 N–H and O–H groups in total. The number of nitrogens with one attached hydrogen (secondary N) is 1. The van der Waals surface area contributed by atoms with Crippen molar-refractivity contribution >= 4 is 21.8 Å². The van der Waals surface area contributed by atoms with E-state index in [1.807, 2.05) is 6.92 Å². The smallest absolute Gasteiger partial charge is 0.251 e. The molecule has 0 spiro atoms. The highest BCUT2D eigenvalue weighted by molar-refractivity contribution is 9.10. The Labute approximate surface area is 118 Å². The molecule has 0 bridgehead atoms. The molecule has 0 aliphatic rings. The molecule has 2 rings (SSSR count). The SMILES string of the molecule is Cc1noc(C)c1CNC(=O)c1ccc(Br)c(O)c1. The van der Waals surface area contributed by atoms with Gasteiger partial charge in [-0.05, 0) is 48.0 Å². The Balaban J connectivity index is 2.07. The number of carbonyl (C=O) groups excluding carboxylic acids is 1. The van der Waals surface area contributed by atoms with Crippen molar-refractivity contribution in [1.82, 2.24) is 10.5 Å². The molecule has 0 unspecified atom stereocenters. The molecule has 5 nitrogen and oxygen atoms in total. The molecular weight excluding hydrogens is 312 g/mol. The fraction of sp³-hybridized carbons (Fsp3) is 0.231. The number of phenols is 1. The zero-order valence-corrected chi connectivity index (χ0v) is 12.1. The van der Waals surface area contributed by atoms with Crippen molar-refractivity contribution in [3.8, 4) is 5.75 Å². The first-order chi connectivity index (χ1) is 8.99. The van der Waals surface area contributed by atoms with E-state index in [9.17, 15) is 9.90 Å². The third kappa shape index (κ3) is 2.96. The number of benzene rings is 1. The summed E-state index contributed by atoms with van der Waals surface area (Å²) in [6, 6.07) is 4.67. The number of aryl methyl sites for hydroxylation is 2. The Kier molecular flexibility index (Phi) is 3.90. The topological polar surface area (TPSA) is 75.4 Å². The van der Waals surface area contributed by atoms with E-state index in [0.29, 0.717) is 22.3 Å². The number of amides is 1. The summed E-state index contributed by atoms with van der Waals surface area (Å²) in [5.74, 6) is 0.462. The molecule has 1 aromatic heterocycles. The summed E-state index contributed by atoms with van der Waals surface area (Å²) in [7, 11) is 0. The molecule has 1 aromatic carbocycles. The summed E-state index contributed by atoms with van der Waals surface area (Å²) in [5.41, 5.74) is 2.03. The molecule has 0 aliphatic heterocycles. The van der Waals surface area contributed by atoms with Crippen LogP contribution in [0.4, 0.5) is 0 Å². The third-order valence-electron chi connectivity index (χ3n) is 2.82. The minimum absolute atomic E-state index is 0.0324. The fourth-order valence-electron chi connectivity index (χ4n) is 1.68. The Morgan fingerprint density at radius 1 is 1.47 bits per heavy atom.